The molecule has 0 fully saturated rings. The zero-order chi connectivity index (χ0) is 26.4. The summed E-state index contributed by atoms with van der Waals surface area (Å²) >= 11 is 1.63. The topological polar surface area (TPSA) is 78.9 Å². The Morgan fingerprint density at radius 2 is 1.41 bits per heavy atom. The van der Waals surface area contributed by atoms with Crippen LogP contribution in [0.5, 0.6) is 0 Å². The van der Waals surface area contributed by atoms with Crippen molar-refractivity contribution < 1.29 is 0 Å². The first-order chi connectivity index (χ1) is 19.3. The number of hydrogen-bond donors (Lipinski definition) is 1. The van der Waals surface area contributed by atoms with Gasteiger partial charge in [0.2, 0.25) is 0 Å². The maximum atomic E-state index is 9.70. The maximum Gasteiger partial charge on any atom is 0.162 e. The van der Waals surface area contributed by atoms with E-state index in [9.17, 15) is 5.26 Å². The smallest absolute Gasteiger partial charge is 0.162 e. The normalized spacial score (nSPS) is 12.9. The molecule has 5 aromatic rings. The number of amidine groups is 1. The summed E-state index contributed by atoms with van der Waals surface area (Å²) in [5.74, 6) is 0.751. The summed E-state index contributed by atoms with van der Waals surface area (Å²) in [7, 11) is 0. The molecule has 6 rings (SSSR count). The average molecular weight is 525 g/mol. The Morgan fingerprint density at radius 1 is 0.769 bits per heavy atom. The van der Waals surface area contributed by atoms with Gasteiger partial charge in [-0.05, 0) is 28.8 Å². The predicted molar refractivity (Wildman–Crippen MR) is 158 cm³/mol. The molecule has 0 atom stereocenters. The first-order valence-electron chi connectivity index (χ1n) is 12.6. The van der Waals surface area contributed by atoms with Crippen LogP contribution in [-0.4, -0.2) is 26.7 Å². The molecule has 1 aliphatic rings. The van der Waals surface area contributed by atoms with E-state index in [4.69, 9.17) is 4.99 Å². The third-order valence-corrected chi connectivity index (χ3v) is 7.44. The summed E-state index contributed by atoms with van der Waals surface area (Å²) in [4.78, 5) is 4.82. The fourth-order valence-electron chi connectivity index (χ4n) is 4.35. The highest BCUT2D eigenvalue weighted by Crippen LogP contribution is 2.28. The van der Waals surface area contributed by atoms with Gasteiger partial charge >= 0.3 is 0 Å². The lowest BCUT2D eigenvalue weighted by molar-refractivity contribution is 0.803. The fourth-order valence-corrected chi connectivity index (χ4v) is 5.18. The summed E-state index contributed by atoms with van der Waals surface area (Å²) in [6.45, 7) is 0.465. The zero-order valence-corrected chi connectivity index (χ0v) is 21.8. The number of nitriles is 1. The Bertz CT molecular complexity index is 1680. The van der Waals surface area contributed by atoms with E-state index < -0.39 is 0 Å². The summed E-state index contributed by atoms with van der Waals surface area (Å²) in [6, 6.07) is 39.1. The van der Waals surface area contributed by atoms with Crippen molar-refractivity contribution in [2.45, 2.75) is 5.75 Å². The molecule has 0 saturated heterocycles. The third-order valence-electron chi connectivity index (χ3n) is 6.46. The summed E-state index contributed by atoms with van der Waals surface area (Å²) in [6.07, 6.45) is 1.94. The number of nitrogens with zero attached hydrogens (tertiary/aromatic N) is 5. The Hall–Kier alpha value is -4.93. The molecule has 0 amide bonds. The van der Waals surface area contributed by atoms with Crippen LogP contribution in [0.4, 0.5) is 0 Å². The molecule has 0 bridgehead atoms. The van der Waals surface area contributed by atoms with Crippen molar-refractivity contribution in [3.63, 3.8) is 0 Å². The molecule has 0 aliphatic carbocycles. The number of aliphatic imine (C=N–C) groups is 1. The van der Waals surface area contributed by atoms with E-state index in [0.717, 1.165) is 50.3 Å². The standard InChI is InChI=1S/C32H24N6S/c33-19-28-20-34-32(35-31(28)27-15-13-25(14-16-27)24-7-3-1-4-8-24)39-22-23-11-17-29(18-12-23)38-21-30(36-37-38)26-9-5-2-6-10-26/h1-18,21H,20,22H2,(H,34,35). The van der Waals surface area contributed by atoms with Gasteiger partial charge in [0.25, 0.3) is 0 Å². The Labute approximate surface area is 231 Å². The Morgan fingerprint density at radius 3 is 2.10 bits per heavy atom. The lowest BCUT2D eigenvalue weighted by atomic mass is 10.0. The third kappa shape index (κ3) is 5.52. The van der Waals surface area contributed by atoms with Crippen LogP contribution in [0.25, 0.3) is 33.8 Å². The van der Waals surface area contributed by atoms with Crippen LogP contribution in [0.15, 0.2) is 126 Å². The molecular formula is C32H24N6S. The minimum absolute atomic E-state index is 0.465. The minimum atomic E-state index is 0.465. The van der Waals surface area contributed by atoms with Gasteiger partial charge in [-0.25, -0.2) is 9.67 Å². The molecule has 0 saturated carbocycles. The monoisotopic (exact) mass is 524 g/mol. The largest absolute Gasteiger partial charge is 0.360 e. The van der Waals surface area contributed by atoms with Crippen LogP contribution in [0.2, 0.25) is 0 Å². The van der Waals surface area contributed by atoms with Gasteiger partial charge in [-0.3, -0.25) is 0 Å². The highest BCUT2D eigenvalue weighted by molar-refractivity contribution is 8.13. The van der Waals surface area contributed by atoms with Crippen molar-refractivity contribution in [1.29, 1.82) is 5.26 Å². The van der Waals surface area contributed by atoms with Crippen molar-refractivity contribution in [2.75, 3.05) is 6.54 Å². The number of aromatic nitrogens is 3. The molecule has 0 spiro atoms. The molecule has 6 nitrogen and oxygen atoms in total. The fraction of sp³-hybridized carbons (Fsp3) is 0.0625. The molecule has 0 radical (unpaired) electrons. The van der Waals surface area contributed by atoms with E-state index in [0.29, 0.717) is 12.1 Å². The number of hydrogen-bond acceptors (Lipinski definition) is 6. The van der Waals surface area contributed by atoms with Gasteiger partial charge in [0.05, 0.1) is 35.8 Å². The number of thioether (sulfide) groups is 1. The van der Waals surface area contributed by atoms with Crippen LogP contribution in [-0.2, 0) is 5.75 Å². The highest BCUT2D eigenvalue weighted by atomic mass is 32.2. The van der Waals surface area contributed by atoms with E-state index in [1.54, 1.807) is 16.4 Å². The second-order valence-corrected chi connectivity index (χ2v) is 9.99. The molecule has 4 aromatic carbocycles. The molecule has 39 heavy (non-hydrogen) atoms. The second kappa shape index (κ2) is 11.2. The molecular weight excluding hydrogens is 500 g/mol. The summed E-state index contributed by atoms with van der Waals surface area (Å²) in [5, 5.41) is 22.4. The van der Waals surface area contributed by atoms with E-state index in [1.165, 1.54) is 5.56 Å². The zero-order valence-electron chi connectivity index (χ0n) is 21.0. The van der Waals surface area contributed by atoms with Crippen molar-refractivity contribution in [3.05, 3.63) is 132 Å². The van der Waals surface area contributed by atoms with Gasteiger partial charge < -0.3 is 5.32 Å². The van der Waals surface area contributed by atoms with E-state index in [2.05, 4.69) is 58.1 Å². The number of nitrogens with one attached hydrogen (secondary N) is 1. The van der Waals surface area contributed by atoms with Crippen LogP contribution >= 0.6 is 11.8 Å². The Balaban J connectivity index is 1.14. The highest BCUT2D eigenvalue weighted by Gasteiger charge is 2.17. The summed E-state index contributed by atoms with van der Waals surface area (Å²) < 4.78 is 1.79. The van der Waals surface area contributed by atoms with Crippen molar-refractivity contribution in [1.82, 2.24) is 20.3 Å². The lowest BCUT2D eigenvalue weighted by Gasteiger charge is -2.17. The molecule has 7 heteroatoms. The predicted octanol–water partition coefficient (Wildman–Crippen LogP) is 6.73. The molecule has 1 aromatic heterocycles. The maximum absolute atomic E-state index is 9.70. The van der Waals surface area contributed by atoms with Crippen LogP contribution in [0.3, 0.4) is 0 Å². The van der Waals surface area contributed by atoms with Crippen molar-refractivity contribution in [3.8, 4) is 34.1 Å². The van der Waals surface area contributed by atoms with Crippen molar-refractivity contribution >= 4 is 22.6 Å². The van der Waals surface area contributed by atoms with E-state index >= 15 is 0 Å². The molecule has 1 aliphatic heterocycles. The van der Waals surface area contributed by atoms with Gasteiger partial charge in [0.15, 0.2) is 5.17 Å². The van der Waals surface area contributed by atoms with Crippen LogP contribution in [0.1, 0.15) is 11.1 Å². The lowest BCUT2D eigenvalue weighted by Crippen LogP contribution is -2.27. The van der Waals surface area contributed by atoms with Gasteiger partial charge in [-0.15, -0.1) is 5.10 Å². The number of rotatable bonds is 6. The van der Waals surface area contributed by atoms with Gasteiger partial charge in [0.1, 0.15) is 5.69 Å². The van der Waals surface area contributed by atoms with E-state index in [-0.39, 0.29) is 0 Å². The second-order valence-electron chi connectivity index (χ2n) is 9.02. The van der Waals surface area contributed by atoms with Gasteiger partial charge in [-0.1, -0.05) is 114 Å². The Kier molecular flexibility index (Phi) is 7.02. The molecule has 188 valence electrons. The van der Waals surface area contributed by atoms with Crippen LogP contribution in [0, 0.1) is 11.3 Å². The van der Waals surface area contributed by atoms with Gasteiger partial charge in [0, 0.05) is 16.9 Å². The SMILES string of the molecule is N#CC1=C(c2ccc(-c3ccccc3)cc2)N=C(SCc2ccc(-n3cc(-c4ccccc4)nn3)cc2)NC1. The average Bonchev–Trinajstić information content (AvgIpc) is 3.52. The molecule has 1 N–H and O–H groups in total. The first kappa shape index (κ1) is 24.4. The number of benzene rings is 4. The van der Waals surface area contributed by atoms with Gasteiger partial charge in [-0.2, -0.15) is 5.26 Å². The first-order valence-corrected chi connectivity index (χ1v) is 13.6. The molecule has 0 unspecified atom stereocenters. The quantitative estimate of drug-likeness (QED) is 0.266. The molecule has 2 heterocycles. The van der Waals surface area contributed by atoms with E-state index in [1.807, 2.05) is 79.0 Å². The van der Waals surface area contributed by atoms with Crippen LogP contribution < -0.4 is 5.32 Å². The van der Waals surface area contributed by atoms with Crippen molar-refractivity contribution in [2.24, 2.45) is 4.99 Å². The summed E-state index contributed by atoms with van der Waals surface area (Å²) in [5.41, 5.74) is 8.61. The minimum Gasteiger partial charge on any atom is -0.360 e.